The molecule has 2 amide bonds. The van der Waals surface area contributed by atoms with Crippen molar-refractivity contribution in [2.24, 2.45) is 0 Å². The number of nitrogens with one attached hydrogen (secondary N) is 2. The molecule has 6 nitrogen and oxygen atoms in total. The van der Waals surface area contributed by atoms with Gasteiger partial charge in [-0.3, -0.25) is 4.68 Å². The molecule has 0 saturated heterocycles. The first-order valence-electron chi connectivity index (χ1n) is 9.93. The molecule has 0 aliphatic rings. The lowest BCUT2D eigenvalue weighted by molar-refractivity contribution is 0.240. The van der Waals surface area contributed by atoms with Crippen LogP contribution < -0.4 is 10.6 Å². The normalized spacial score (nSPS) is 10.9. The van der Waals surface area contributed by atoms with E-state index in [2.05, 4.69) is 71.1 Å². The number of nitrogens with zero attached hydrogens (tertiary/aromatic N) is 3. The largest absolute Gasteiger partial charge is 0.338 e. The Balaban J connectivity index is 1.51. The van der Waals surface area contributed by atoms with E-state index in [9.17, 15) is 4.79 Å². The van der Waals surface area contributed by atoms with E-state index < -0.39 is 0 Å². The average molecular weight is 392 g/mol. The molecule has 1 aromatic heterocycles. The third-order valence-corrected chi connectivity index (χ3v) is 4.63. The number of hydrogen-bond donors (Lipinski definition) is 2. The SMILES string of the molecule is CN(C)Cc1ccc(-c2ccccc2CNC(=O)NCCCn2cccn2)cc1. The van der Waals surface area contributed by atoms with Crippen molar-refractivity contribution in [3.63, 3.8) is 0 Å². The first kappa shape index (κ1) is 20.6. The van der Waals surface area contributed by atoms with Gasteiger partial charge in [-0.05, 0) is 48.8 Å². The fourth-order valence-corrected chi connectivity index (χ4v) is 3.22. The Hall–Kier alpha value is -3.12. The predicted molar refractivity (Wildman–Crippen MR) is 116 cm³/mol. The van der Waals surface area contributed by atoms with Gasteiger partial charge in [0.2, 0.25) is 0 Å². The van der Waals surface area contributed by atoms with Crippen LogP contribution in [0.1, 0.15) is 17.5 Å². The van der Waals surface area contributed by atoms with Gasteiger partial charge in [-0.1, -0.05) is 48.5 Å². The Labute approximate surface area is 172 Å². The third-order valence-electron chi connectivity index (χ3n) is 4.63. The van der Waals surface area contributed by atoms with Gasteiger partial charge in [0, 0.05) is 38.6 Å². The summed E-state index contributed by atoms with van der Waals surface area (Å²) in [4.78, 5) is 14.3. The molecule has 6 heteroatoms. The number of aryl methyl sites for hydroxylation is 1. The summed E-state index contributed by atoms with van der Waals surface area (Å²) in [6, 6.07) is 18.5. The molecule has 0 fully saturated rings. The molecule has 1 heterocycles. The van der Waals surface area contributed by atoms with E-state index in [4.69, 9.17) is 0 Å². The second-order valence-corrected chi connectivity index (χ2v) is 7.32. The zero-order valence-electron chi connectivity index (χ0n) is 17.1. The van der Waals surface area contributed by atoms with Crippen LogP contribution in [0.15, 0.2) is 67.0 Å². The van der Waals surface area contributed by atoms with E-state index in [1.807, 2.05) is 29.1 Å². The highest BCUT2D eigenvalue weighted by Crippen LogP contribution is 2.24. The second kappa shape index (κ2) is 10.4. The highest BCUT2D eigenvalue weighted by atomic mass is 16.2. The lowest BCUT2D eigenvalue weighted by atomic mass is 9.98. The Morgan fingerprint density at radius 3 is 2.55 bits per heavy atom. The van der Waals surface area contributed by atoms with Gasteiger partial charge >= 0.3 is 6.03 Å². The lowest BCUT2D eigenvalue weighted by Gasteiger charge is -2.13. The number of carbonyl (C=O) groups excluding carboxylic acids is 1. The number of amides is 2. The van der Waals surface area contributed by atoms with Crippen molar-refractivity contribution in [3.8, 4) is 11.1 Å². The van der Waals surface area contributed by atoms with Gasteiger partial charge in [0.15, 0.2) is 0 Å². The minimum absolute atomic E-state index is 0.151. The first-order valence-corrected chi connectivity index (χ1v) is 9.93. The average Bonchev–Trinajstić information content (AvgIpc) is 3.24. The second-order valence-electron chi connectivity index (χ2n) is 7.32. The van der Waals surface area contributed by atoms with Crippen LogP contribution in [0.4, 0.5) is 4.79 Å². The first-order chi connectivity index (χ1) is 14.1. The van der Waals surface area contributed by atoms with E-state index >= 15 is 0 Å². The van der Waals surface area contributed by atoms with Crippen LogP contribution >= 0.6 is 0 Å². The molecule has 3 aromatic rings. The summed E-state index contributed by atoms with van der Waals surface area (Å²) in [6.07, 6.45) is 4.52. The fraction of sp³-hybridized carbons (Fsp3) is 0.304. The molecule has 29 heavy (non-hydrogen) atoms. The van der Waals surface area contributed by atoms with Gasteiger partial charge in [-0.2, -0.15) is 5.10 Å². The number of hydrogen-bond acceptors (Lipinski definition) is 3. The van der Waals surface area contributed by atoms with Crippen molar-refractivity contribution in [2.45, 2.75) is 26.1 Å². The van der Waals surface area contributed by atoms with E-state index in [-0.39, 0.29) is 6.03 Å². The summed E-state index contributed by atoms with van der Waals surface area (Å²) in [5, 5.41) is 10.0. The van der Waals surface area contributed by atoms with Crippen LogP contribution in [0.5, 0.6) is 0 Å². The molecule has 2 aromatic carbocycles. The predicted octanol–water partition coefficient (Wildman–Crippen LogP) is 3.50. The van der Waals surface area contributed by atoms with Crippen molar-refractivity contribution in [1.82, 2.24) is 25.3 Å². The van der Waals surface area contributed by atoms with Crippen LogP contribution in [0, 0.1) is 0 Å². The summed E-state index contributed by atoms with van der Waals surface area (Å²) in [5.41, 5.74) is 4.68. The van der Waals surface area contributed by atoms with Crippen molar-refractivity contribution in [3.05, 3.63) is 78.1 Å². The van der Waals surface area contributed by atoms with E-state index in [0.717, 1.165) is 36.2 Å². The quantitative estimate of drug-likeness (QED) is 0.549. The number of urea groups is 1. The summed E-state index contributed by atoms with van der Waals surface area (Å²) in [6.45, 7) is 2.81. The molecule has 152 valence electrons. The zero-order valence-corrected chi connectivity index (χ0v) is 17.1. The summed E-state index contributed by atoms with van der Waals surface area (Å²) < 4.78 is 1.86. The van der Waals surface area contributed by atoms with E-state index in [0.29, 0.717) is 13.1 Å². The minimum Gasteiger partial charge on any atom is -0.338 e. The molecule has 0 aliphatic carbocycles. The standard InChI is InChI=1S/C23H29N5O/c1-27(2)18-19-9-11-20(12-10-19)22-8-4-3-7-21(22)17-25-23(29)24-13-5-15-28-16-6-14-26-28/h3-4,6-12,14,16H,5,13,15,17-18H2,1-2H3,(H2,24,25,29). The van der Waals surface area contributed by atoms with Gasteiger partial charge in [-0.15, -0.1) is 0 Å². The maximum Gasteiger partial charge on any atom is 0.315 e. The Morgan fingerprint density at radius 1 is 1.03 bits per heavy atom. The summed E-state index contributed by atoms with van der Waals surface area (Å²) >= 11 is 0. The maximum absolute atomic E-state index is 12.1. The molecule has 0 saturated carbocycles. The highest BCUT2D eigenvalue weighted by molar-refractivity contribution is 5.74. The molecule has 0 bridgehead atoms. The molecular weight excluding hydrogens is 362 g/mol. The third kappa shape index (κ3) is 6.47. The van der Waals surface area contributed by atoms with Crippen molar-refractivity contribution < 1.29 is 4.79 Å². The van der Waals surface area contributed by atoms with Gasteiger partial charge in [0.05, 0.1) is 0 Å². The van der Waals surface area contributed by atoms with Crippen molar-refractivity contribution in [1.29, 1.82) is 0 Å². The van der Waals surface area contributed by atoms with Crippen LogP contribution in [-0.2, 0) is 19.6 Å². The smallest absolute Gasteiger partial charge is 0.315 e. The summed E-state index contributed by atoms with van der Waals surface area (Å²) in [5.74, 6) is 0. The number of aromatic nitrogens is 2. The fourth-order valence-electron chi connectivity index (χ4n) is 3.22. The molecular formula is C23H29N5O. The topological polar surface area (TPSA) is 62.2 Å². The molecule has 2 N–H and O–H groups in total. The van der Waals surface area contributed by atoms with Crippen LogP contribution in [0.25, 0.3) is 11.1 Å². The van der Waals surface area contributed by atoms with E-state index in [1.165, 1.54) is 5.56 Å². The van der Waals surface area contributed by atoms with E-state index in [1.54, 1.807) is 6.20 Å². The Kier molecular flexibility index (Phi) is 7.41. The number of carbonyl (C=O) groups is 1. The number of rotatable bonds is 9. The van der Waals surface area contributed by atoms with Crippen LogP contribution in [-0.4, -0.2) is 41.4 Å². The molecule has 0 radical (unpaired) electrons. The van der Waals surface area contributed by atoms with Gasteiger partial charge in [0.25, 0.3) is 0 Å². The summed E-state index contributed by atoms with van der Waals surface area (Å²) in [7, 11) is 4.13. The van der Waals surface area contributed by atoms with Gasteiger partial charge in [0.1, 0.15) is 0 Å². The molecule has 0 spiro atoms. The molecule has 0 unspecified atom stereocenters. The Morgan fingerprint density at radius 2 is 1.83 bits per heavy atom. The molecule has 3 rings (SSSR count). The van der Waals surface area contributed by atoms with Gasteiger partial charge < -0.3 is 15.5 Å². The monoisotopic (exact) mass is 391 g/mol. The molecule has 0 atom stereocenters. The maximum atomic E-state index is 12.1. The van der Waals surface area contributed by atoms with Gasteiger partial charge in [-0.25, -0.2) is 4.79 Å². The lowest BCUT2D eigenvalue weighted by Crippen LogP contribution is -2.36. The van der Waals surface area contributed by atoms with Crippen molar-refractivity contribution >= 4 is 6.03 Å². The van der Waals surface area contributed by atoms with Crippen molar-refractivity contribution in [2.75, 3.05) is 20.6 Å². The molecule has 0 aliphatic heterocycles. The minimum atomic E-state index is -0.151. The highest BCUT2D eigenvalue weighted by Gasteiger charge is 2.07. The van der Waals surface area contributed by atoms with Crippen LogP contribution in [0.3, 0.4) is 0 Å². The van der Waals surface area contributed by atoms with Crippen LogP contribution in [0.2, 0.25) is 0 Å². The zero-order chi connectivity index (χ0) is 20.5. The number of benzene rings is 2. The Bertz CT molecular complexity index is 888.